The van der Waals surface area contributed by atoms with Gasteiger partial charge >= 0.3 is 0 Å². The second kappa shape index (κ2) is 14.9. The van der Waals surface area contributed by atoms with E-state index in [1.807, 2.05) is 0 Å². The van der Waals surface area contributed by atoms with Crippen molar-refractivity contribution in [3.63, 3.8) is 0 Å². The normalized spacial score (nSPS) is 12.8. The molecule has 0 saturated carbocycles. The fraction of sp³-hybridized carbons (Fsp3) is 0.137. The topological polar surface area (TPSA) is 58.9 Å². The van der Waals surface area contributed by atoms with Crippen molar-refractivity contribution in [3.05, 3.63) is 214 Å². The molecular formula is C51H42O4. The molecule has 2 N–H and O–H groups in total. The van der Waals surface area contributed by atoms with Crippen molar-refractivity contribution in [2.24, 2.45) is 0 Å². The number of benzene rings is 8. The lowest BCUT2D eigenvalue weighted by molar-refractivity contribution is 0.200. The molecule has 0 heterocycles. The standard InChI is InChI=1S/C51H42O4/c52-25-27-54-49-23-21-43(33-41(49)31-35-17-19-37-9-1-3-11-39(37)29-35)51(47-15-7-5-13-45(47)46-14-6-8-16-48(46)51)44-22-24-50(55-28-26-53)42(34-44)32-36-18-20-38-10-2-4-12-40(38)30-36/h1-24,29-30,33-34,52-53H,25-28,31-32H2. The van der Waals surface area contributed by atoms with Crippen LogP contribution in [0.25, 0.3) is 32.7 Å². The first-order chi connectivity index (χ1) is 27.1. The molecule has 1 aliphatic rings. The summed E-state index contributed by atoms with van der Waals surface area (Å²) in [5.74, 6) is 1.54. The van der Waals surface area contributed by atoms with Gasteiger partial charge in [-0.2, -0.15) is 0 Å². The minimum atomic E-state index is -0.658. The maximum Gasteiger partial charge on any atom is 0.122 e. The predicted molar refractivity (Wildman–Crippen MR) is 222 cm³/mol. The van der Waals surface area contributed by atoms with E-state index < -0.39 is 5.41 Å². The van der Waals surface area contributed by atoms with E-state index in [4.69, 9.17) is 9.47 Å². The van der Waals surface area contributed by atoms with Crippen molar-refractivity contribution in [1.29, 1.82) is 0 Å². The van der Waals surface area contributed by atoms with E-state index in [0.717, 1.165) is 33.8 Å². The van der Waals surface area contributed by atoms with Crippen LogP contribution in [-0.4, -0.2) is 36.6 Å². The van der Waals surface area contributed by atoms with Crippen LogP contribution < -0.4 is 9.47 Å². The Labute approximate surface area is 321 Å². The van der Waals surface area contributed by atoms with Crippen molar-refractivity contribution >= 4 is 21.5 Å². The zero-order valence-electron chi connectivity index (χ0n) is 30.6. The summed E-state index contributed by atoms with van der Waals surface area (Å²) < 4.78 is 12.4. The first-order valence-corrected chi connectivity index (χ1v) is 19.0. The first kappa shape index (κ1) is 34.6. The van der Waals surface area contributed by atoms with Gasteiger partial charge in [-0.15, -0.1) is 0 Å². The number of fused-ring (bicyclic) bond motifs is 5. The van der Waals surface area contributed by atoms with Gasteiger partial charge in [-0.3, -0.25) is 0 Å². The fourth-order valence-electron chi connectivity index (χ4n) is 8.66. The summed E-state index contributed by atoms with van der Waals surface area (Å²) in [7, 11) is 0. The Morgan fingerprint density at radius 2 is 0.818 bits per heavy atom. The maximum atomic E-state index is 9.77. The van der Waals surface area contributed by atoms with Gasteiger partial charge in [0.1, 0.15) is 24.7 Å². The summed E-state index contributed by atoms with van der Waals surface area (Å²) in [5, 5.41) is 24.4. The van der Waals surface area contributed by atoms with Crippen LogP contribution >= 0.6 is 0 Å². The maximum absolute atomic E-state index is 9.77. The highest BCUT2D eigenvalue weighted by Crippen LogP contribution is 2.57. The van der Waals surface area contributed by atoms with Crippen molar-refractivity contribution in [3.8, 4) is 22.6 Å². The van der Waals surface area contributed by atoms with Crippen LogP contribution in [0.4, 0.5) is 0 Å². The summed E-state index contributed by atoms with van der Waals surface area (Å²) in [5.41, 5.74) is 11.0. The molecule has 1 aliphatic carbocycles. The van der Waals surface area contributed by atoms with Gasteiger partial charge < -0.3 is 19.7 Å². The van der Waals surface area contributed by atoms with Gasteiger partial charge in [0.05, 0.1) is 18.6 Å². The van der Waals surface area contributed by atoms with E-state index in [1.54, 1.807) is 0 Å². The first-order valence-electron chi connectivity index (χ1n) is 19.0. The third-order valence-electron chi connectivity index (χ3n) is 11.1. The number of aliphatic hydroxyl groups is 2. The zero-order valence-corrected chi connectivity index (χ0v) is 30.6. The molecule has 0 aromatic heterocycles. The van der Waals surface area contributed by atoms with Crippen LogP contribution in [-0.2, 0) is 18.3 Å². The second-order valence-electron chi connectivity index (χ2n) is 14.3. The molecule has 55 heavy (non-hydrogen) atoms. The quantitative estimate of drug-likeness (QED) is 0.132. The Kier molecular flexibility index (Phi) is 9.37. The molecule has 8 aromatic carbocycles. The average Bonchev–Trinajstić information content (AvgIpc) is 3.54. The molecule has 0 amide bonds. The Morgan fingerprint density at radius 3 is 1.27 bits per heavy atom. The van der Waals surface area contributed by atoms with Crippen LogP contribution in [0.1, 0.15) is 44.5 Å². The molecule has 0 spiro atoms. The number of hydrogen-bond acceptors (Lipinski definition) is 4. The third kappa shape index (κ3) is 6.34. The Morgan fingerprint density at radius 1 is 0.400 bits per heavy atom. The molecule has 0 radical (unpaired) electrons. The summed E-state index contributed by atoms with van der Waals surface area (Å²) in [6, 6.07) is 61.0. The molecule has 270 valence electrons. The second-order valence-corrected chi connectivity index (χ2v) is 14.3. The zero-order chi connectivity index (χ0) is 37.2. The lowest BCUT2D eigenvalue weighted by atomic mass is 9.67. The van der Waals surface area contributed by atoms with E-state index in [-0.39, 0.29) is 26.4 Å². The van der Waals surface area contributed by atoms with Crippen molar-refractivity contribution in [2.75, 3.05) is 26.4 Å². The van der Waals surface area contributed by atoms with Gasteiger partial charge in [-0.05, 0) is 89.3 Å². The Hall–Kier alpha value is -6.20. The number of rotatable bonds is 12. The summed E-state index contributed by atoms with van der Waals surface area (Å²) in [4.78, 5) is 0. The van der Waals surface area contributed by atoms with Gasteiger partial charge in [-0.1, -0.05) is 158 Å². The molecule has 4 nitrogen and oxygen atoms in total. The monoisotopic (exact) mass is 718 g/mol. The smallest absolute Gasteiger partial charge is 0.122 e. The number of aliphatic hydroxyl groups excluding tert-OH is 2. The van der Waals surface area contributed by atoms with Crippen LogP contribution in [0, 0.1) is 0 Å². The van der Waals surface area contributed by atoms with E-state index in [9.17, 15) is 10.2 Å². The molecule has 4 heteroatoms. The Balaban J connectivity index is 1.25. The van der Waals surface area contributed by atoms with E-state index in [0.29, 0.717) is 12.8 Å². The highest BCUT2D eigenvalue weighted by Gasteiger charge is 2.46. The molecule has 0 bridgehead atoms. The summed E-state index contributed by atoms with van der Waals surface area (Å²) in [6.45, 7) is 0.307. The number of hydrogen-bond donors (Lipinski definition) is 2. The summed E-state index contributed by atoms with van der Waals surface area (Å²) >= 11 is 0. The summed E-state index contributed by atoms with van der Waals surface area (Å²) in [6.07, 6.45) is 1.33. The minimum Gasteiger partial charge on any atom is -0.491 e. The van der Waals surface area contributed by atoms with Gasteiger partial charge in [-0.25, -0.2) is 0 Å². The minimum absolute atomic E-state index is 0.0630. The fourth-order valence-corrected chi connectivity index (χ4v) is 8.66. The lowest BCUT2D eigenvalue weighted by Crippen LogP contribution is -2.29. The SMILES string of the molecule is OCCOc1ccc(C2(c3ccc(OCCO)c(Cc4ccc5ccccc5c4)c3)c3ccccc3-c3ccccc32)cc1Cc1ccc2ccccc2c1. The van der Waals surface area contributed by atoms with Gasteiger partial charge in [0.15, 0.2) is 0 Å². The molecular weight excluding hydrogens is 677 g/mol. The van der Waals surface area contributed by atoms with Crippen LogP contribution in [0.2, 0.25) is 0 Å². The molecule has 0 aliphatic heterocycles. The average molecular weight is 719 g/mol. The molecule has 0 atom stereocenters. The largest absolute Gasteiger partial charge is 0.491 e. The van der Waals surface area contributed by atoms with Crippen molar-refractivity contribution in [1.82, 2.24) is 0 Å². The van der Waals surface area contributed by atoms with E-state index >= 15 is 0 Å². The van der Waals surface area contributed by atoms with Crippen molar-refractivity contribution in [2.45, 2.75) is 18.3 Å². The van der Waals surface area contributed by atoms with Gasteiger partial charge in [0.25, 0.3) is 0 Å². The van der Waals surface area contributed by atoms with Crippen LogP contribution in [0.15, 0.2) is 170 Å². The lowest BCUT2D eigenvalue weighted by Gasteiger charge is -2.35. The highest BCUT2D eigenvalue weighted by molar-refractivity contribution is 5.87. The number of ether oxygens (including phenoxy) is 2. The molecule has 0 unspecified atom stereocenters. The molecule has 8 aromatic rings. The molecule has 0 saturated heterocycles. The van der Waals surface area contributed by atoms with E-state index in [2.05, 4.69) is 170 Å². The molecule has 0 fully saturated rings. The third-order valence-corrected chi connectivity index (χ3v) is 11.1. The van der Waals surface area contributed by atoms with Gasteiger partial charge in [0, 0.05) is 12.8 Å². The van der Waals surface area contributed by atoms with Crippen molar-refractivity contribution < 1.29 is 19.7 Å². The molecule has 9 rings (SSSR count). The van der Waals surface area contributed by atoms with Gasteiger partial charge in [0.2, 0.25) is 0 Å². The van der Waals surface area contributed by atoms with Crippen LogP contribution in [0.3, 0.4) is 0 Å². The van der Waals surface area contributed by atoms with Crippen LogP contribution in [0.5, 0.6) is 11.5 Å². The highest BCUT2D eigenvalue weighted by atomic mass is 16.5. The van der Waals surface area contributed by atoms with E-state index in [1.165, 1.54) is 54.9 Å². The Bertz CT molecular complexity index is 2470. The predicted octanol–water partition coefficient (Wildman–Crippen LogP) is 10.3.